The second-order valence-electron chi connectivity index (χ2n) is 4.23. The number of benzene rings is 1. The summed E-state index contributed by atoms with van der Waals surface area (Å²) in [6.45, 7) is 1.04. The van der Waals surface area contributed by atoms with Gasteiger partial charge in [-0.2, -0.15) is 0 Å². The smallest absolute Gasteiger partial charge is 0.130 e. The molecule has 0 unspecified atom stereocenters. The van der Waals surface area contributed by atoms with Crippen LogP contribution < -0.4 is 0 Å². The Morgan fingerprint density at radius 3 is 2.61 bits per heavy atom. The highest BCUT2D eigenvalue weighted by molar-refractivity contribution is 5.18. The highest BCUT2D eigenvalue weighted by atomic mass is 19.1. The van der Waals surface area contributed by atoms with Crippen molar-refractivity contribution >= 4 is 0 Å². The summed E-state index contributed by atoms with van der Waals surface area (Å²) in [6.07, 6.45) is 1.72. The van der Waals surface area contributed by atoms with Crippen molar-refractivity contribution in [3.8, 4) is 0 Å². The molecule has 0 atom stereocenters. The molecule has 1 heterocycles. The summed E-state index contributed by atoms with van der Waals surface area (Å²) in [7, 11) is 1.87. The lowest BCUT2D eigenvalue weighted by Crippen LogP contribution is -2.18. The Labute approximate surface area is 105 Å². The summed E-state index contributed by atoms with van der Waals surface area (Å²) in [5.74, 6) is -1.06. The zero-order valence-corrected chi connectivity index (χ0v) is 10.1. The molecule has 2 rings (SSSR count). The van der Waals surface area contributed by atoms with E-state index in [0.717, 1.165) is 11.8 Å². The molecule has 0 aliphatic carbocycles. The zero-order valence-electron chi connectivity index (χ0n) is 10.1. The van der Waals surface area contributed by atoms with E-state index in [4.69, 9.17) is 0 Å². The summed E-state index contributed by atoms with van der Waals surface area (Å²) in [4.78, 5) is 6.13. The van der Waals surface area contributed by atoms with Gasteiger partial charge in [-0.15, -0.1) is 0 Å². The fraction of sp³-hybridized carbons (Fsp3) is 0.214. The van der Waals surface area contributed by atoms with Crippen LogP contribution in [0.25, 0.3) is 0 Å². The highest BCUT2D eigenvalue weighted by Crippen LogP contribution is 2.12. The maximum atomic E-state index is 13.5. The van der Waals surface area contributed by atoms with E-state index in [1.54, 1.807) is 6.20 Å². The molecular weight excluding hydrogens is 234 g/mol. The predicted molar refractivity (Wildman–Crippen MR) is 65.8 cm³/mol. The quantitative estimate of drug-likeness (QED) is 0.827. The molecule has 18 heavy (non-hydrogen) atoms. The molecule has 0 amide bonds. The molecule has 2 nitrogen and oxygen atoms in total. The lowest BCUT2D eigenvalue weighted by molar-refractivity contribution is 0.309. The van der Waals surface area contributed by atoms with Gasteiger partial charge in [0.2, 0.25) is 0 Å². The van der Waals surface area contributed by atoms with Crippen LogP contribution in [0.5, 0.6) is 0 Å². The van der Waals surface area contributed by atoms with E-state index in [-0.39, 0.29) is 0 Å². The van der Waals surface area contributed by atoms with Gasteiger partial charge in [-0.3, -0.25) is 9.88 Å². The van der Waals surface area contributed by atoms with Gasteiger partial charge in [0.05, 0.1) is 5.69 Å². The van der Waals surface area contributed by atoms with Crippen LogP contribution in [0.15, 0.2) is 42.6 Å². The molecule has 0 fully saturated rings. The number of hydrogen-bond donors (Lipinski definition) is 0. The summed E-state index contributed by atoms with van der Waals surface area (Å²) >= 11 is 0. The molecule has 0 saturated carbocycles. The zero-order chi connectivity index (χ0) is 13.0. The van der Waals surface area contributed by atoms with E-state index in [2.05, 4.69) is 4.98 Å². The van der Waals surface area contributed by atoms with E-state index in [1.165, 1.54) is 12.1 Å². The molecule has 94 valence electrons. The number of halogens is 2. The first-order valence-electron chi connectivity index (χ1n) is 5.67. The van der Waals surface area contributed by atoms with Crippen molar-refractivity contribution < 1.29 is 8.78 Å². The van der Waals surface area contributed by atoms with Gasteiger partial charge in [0.15, 0.2) is 0 Å². The Morgan fingerprint density at radius 1 is 1.11 bits per heavy atom. The normalized spacial score (nSPS) is 10.9. The first-order chi connectivity index (χ1) is 8.65. The summed E-state index contributed by atoms with van der Waals surface area (Å²) in [5.41, 5.74) is 1.40. The molecule has 1 aromatic carbocycles. The van der Waals surface area contributed by atoms with Gasteiger partial charge in [0.25, 0.3) is 0 Å². The first kappa shape index (κ1) is 12.6. The molecule has 4 heteroatoms. The topological polar surface area (TPSA) is 16.1 Å². The van der Waals surface area contributed by atoms with Crippen molar-refractivity contribution in [2.24, 2.45) is 0 Å². The standard InChI is InChI=1S/C14H14F2N2/c1-18(10-13-4-2-3-7-17-13)9-11-5-6-12(15)8-14(11)16/h2-8H,9-10H2,1H3. The van der Waals surface area contributed by atoms with Crippen LogP contribution in [0, 0.1) is 11.6 Å². The molecule has 0 N–H and O–H groups in total. The molecule has 0 bridgehead atoms. The maximum absolute atomic E-state index is 13.5. The molecule has 0 spiro atoms. The fourth-order valence-corrected chi connectivity index (χ4v) is 1.76. The number of rotatable bonds is 4. The van der Waals surface area contributed by atoms with Gasteiger partial charge in [-0.05, 0) is 25.2 Å². The van der Waals surface area contributed by atoms with Crippen molar-refractivity contribution in [2.45, 2.75) is 13.1 Å². The van der Waals surface area contributed by atoms with Crippen molar-refractivity contribution in [2.75, 3.05) is 7.05 Å². The third-order valence-electron chi connectivity index (χ3n) is 2.61. The van der Waals surface area contributed by atoms with Gasteiger partial charge in [0, 0.05) is 30.9 Å². The maximum Gasteiger partial charge on any atom is 0.130 e. The van der Waals surface area contributed by atoms with Gasteiger partial charge in [0.1, 0.15) is 11.6 Å². The van der Waals surface area contributed by atoms with Crippen LogP contribution in [0.3, 0.4) is 0 Å². The molecule has 0 aliphatic heterocycles. The highest BCUT2D eigenvalue weighted by Gasteiger charge is 2.07. The van der Waals surface area contributed by atoms with E-state index in [1.807, 2.05) is 30.1 Å². The lowest BCUT2D eigenvalue weighted by atomic mass is 10.2. The number of pyridine rings is 1. The van der Waals surface area contributed by atoms with Crippen LogP contribution in [0.2, 0.25) is 0 Å². The largest absolute Gasteiger partial charge is 0.296 e. The van der Waals surface area contributed by atoms with Crippen LogP contribution in [-0.2, 0) is 13.1 Å². The van der Waals surface area contributed by atoms with Crippen LogP contribution in [0.1, 0.15) is 11.3 Å². The molecular formula is C14H14F2N2. The van der Waals surface area contributed by atoms with Gasteiger partial charge >= 0.3 is 0 Å². The average molecular weight is 248 g/mol. The Kier molecular flexibility index (Phi) is 3.99. The van der Waals surface area contributed by atoms with Crippen molar-refractivity contribution in [1.82, 2.24) is 9.88 Å². The van der Waals surface area contributed by atoms with Crippen molar-refractivity contribution in [3.05, 3.63) is 65.5 Å². The second kappa shape index (κ2) is 5.69. The Bertz CT molecular complexity index is 514. The third-order valence-corrected chi connectivity index (χ3v) is 2.61. The lowest BCUT2D eigenvalue weighted by Gasteiger charge is -2.16. The molecule has 0 radical (unpaired) electrons. The van der Waals surface area contributed by atoms with E-state index in [9.17, 15) is 8.78 Å². The molecule has 0 aliphatic rings. The van der Waals surface area contributed by atoms with Crippen molar-refractivity contribution in [1.29, 1.82) is 0 Å². The Morgan fingerprint density at radius 2 is 1.94 bits per heavy atom. The number of hydrogen-bond acceptors (Lipinski definition) is 2. The van der Waals surface area contributed by atoms with E-state index >= 15 is 0 Å². The third kappa shape index (κ3) is 3.34. The monoisotopic (exact) mass is 248 g/mol. The van der Waals surface area contributed by atoms with E-state index < -0.39 is 11.6 Å². The Balaban J connectivity index is 2.01. The van der Waals surface area contributed by atoms with Crippen LogP contribution in [0.4, 0.5) is 8.78 Å². The minimum Gasteiger partial charge on any atom is -0.296 e. The van der Waals surface area contributed by atoms with E-state index in [0.29, 0.717) is 18.7 Å². The summed E-state index contributed by atoms with van der Waals surface area (Å²) < 4.78 is 26.2. The number of nitrogens with zero attached hydrogens (tertiary/aromatic N) is 2. The average Bonchev–Trinajstić information content (AvgIpc) is 2.34. The van der Waals surface area contributed by atoms with Crippen molar-refractivity contribution in [3.63, 3.8) is 0 Å². The fourth-order valence-electron chi connectivity index (χ4n) is 1.76. The minimum atomic E-state index is -0.552. The van der Waals surface area contributed by atoms with Gasteiger partial charge in [-0.25, -0.2) is 8.78 Å². The van der Waals surface area contributed by atoms with Gasteiger partial charge in [-0.1, -0.05) is 12.1 Å². The molecule has 0 saturated heterocycles. The molecule has 2 aromatic rings. The van der Waals surface area contributed by atoms with Crippen LogP contribution >= 0.6 is 0 Å². The predicted octanol–water partition coefficient (Wildman–Crippen LogP) is 2.99. The summed E-state index contributed by atoms with van der Waals surface area (Å²) in [6, 6.07) is 9.33. The SMILES string of the molecule is CN(Cc1ccccn1)Cc1ccc(F)cc1F. The second-order valence-corrected chi connectivity index (χ2v) is 4.23. The van der Waals surface area contributed by atoms with Crippen LogP contribution in [-0.4, -0.2) is 16.9 Å². The Hall–Kier alpha value is -1.81. The van der Waals surface area contributed by atoms with Gasteiger partial charge < -0.3 is 0 Å². The first-order valence-corrected chi connectivity index (χ1v) is 5.67. The summed E-state index contributed by atoms with van der Waals surface area (Å²) in [5, 5.41) is 0. The minimum absolute atomic E-state index is 0.419. The number of aromatic nitrogens is 1. The molecule has 1 aromatic heterocycles.